The van der Waals surface area contributed by atoms with Crippen LogP contribution in [0.5, 0.6) is 0 Å². The maximum absolute atomic E-state index is 11.8. The molecule has 0 aliphatic rings. The Morgan fingerprint density at radius 1 is 1.29 bits per heavy atom. The molecule has 0 atom stereocenters. The minimum atomic E-state index is -0.370. The van der Waals surface area contributed by atoms with Crippen molar-refractivity contribution < 1.29 is 14.3 Å². The largest absolute Gasteiger partial charge is 0.466 e. The quantitative estimate of drug-likeness (QED) is 0.859. The van der Waals surface area contributed by atoms with E-state index in [0.29, 0.717) is 17.4 Å². The van der Waals surface area contributed by atoms with E-state index in [9.17, 15) is 9.59 Å². The lowest BCUT2D eigenvalue weighted by molar-refractivity contribution is -0.144. The third-order valence-electron chi connectivity index (χ3n) is 2.78. The van der Waals surface area contributed by atoms with E-state index in [4.69, 9.17) is 4.74 Å². The second-order valence-electron chi connectivity index (χ2n) is 4.61. The zero-order valence-corrected chi connectivity index (χ0v) is 13.0. The predicted octanol–water partition coefficient (Wildman–Crippen LogP) is 2.59. The highest BCUT2D eigenvalue weighted by Gasteiger charge is 2.12. The molecule has 112 valence electrons. The number of thiazole rings is 1. The van der Waals surface area contributed by atoms with Gasteiger partial charge in [0.1, 0.15) is 0 Å². The topological polar surface area (TPSA) is 81.2 Å². The Kier molecular flexibility index (Phi) is 4.85. The molecule has 6 nitrogen and oxygen atoms in total. The van der Waals surface area contributed by atoms with E-state index in [1.807, 2.05) is 19.9 Å². The van der Waals surface area contributed by atoms with Gasteiger partial charge in [-0.05, 0) is 32.4 Å². The van der Waals surface area contributed by atoms with Gasteiger partial charge in [0.25, 0.3) is 0 Å². The average molecular weight is 307 g/mol. The van der Waals surface area contributed by atoms with Crippen LogP contribution >= 0.6 is 11.3 Å². The lowest BCUT2D eigenvalue weighted by atomic mass is 10.2. The molecule has 21 heavy (non-hydrogen) atoms. The minimum Gasteiger partial charge on any atom is -0.466 e. The molecule has 0 radical (unpaired) electrons. The number of nitrogens with zero attached hydrogens (tertiary/aromatic N) is 2. The fraction of sp³-hybridized carbons (Fsp3) is 0.429. The highest BCUT2D eigenvalue weighted by molar-refractivity contribution is 7.22. The lowest BCUT2D eigenvalue weighted by Crippen LogP contribution is -2.14. The summed E-state index contributed by atoms with van der Waals surface area (Å²) in [6, 6.07) is 1.98. The van der Waals surface area contributed by atoms with Gasteiger partial charge in [-0.1, -0.05) is 11.3 Å². The number of aryl methyl sites for hydroxylation is 2. The van der Waals surface area contributed by atoms with Crippen molar-refractivity contribution in [1.82, 2.24) is 9.97 Å². The Balaban J connectivity index is 2.01. The number of nitrogens with one attached hydrogen (secondary N) is 1. The molecule has 0 aliphatic carbocycles. The summed E-state index contributed by atoms with van der Waals surface area (Å²) in [4.78, 5) is 31.6. The van der Waals surface area contributed by atoms with Crippen molar-refractivity contribution in [2.24, 2.45) is 0 Å². The number of hydrogen-bond donors (Lipinski definition) is 1. The number of ether oxygens (including phenoxy) is 1. The molecule has 0 aromatic carbocycles. The van der Waals surface area contributed by atoms with Crippen molar-refractivity contribution in [2.45, 2.75) is 33.6 Å². The van der Waals surface area contributed by atoms with Crippen LogP contribution in [0.1, 0.15) is 31.0 Å². The Morgan fingerprint density at radius 3 is 2.76 bits per heavy atom. The fourth-order valence-corrected chi connectivity index (χ4v) is 2.80. The van der Waals surface area contributed by atoms with Gasteiger partial charge in [-0.3, -0.25) is 9.59 Å². The number of amides is 1. The number of fused-ring (bicyclic) bond motifs is 1. The second kappa shape index (κ2) is 6.62. The van der Waals surface area contributed by atoms with Crippen LogP contribution < -0.4 is 5.32 Å². The number of carbonyl (C=O) groups excluding carboxylic acids is 2. The molecule has 2 rings (SSSR count). The molecule has 0 fully saturated rings. The number of anilines is 1. The van der Waals surface area contributed by atoms with Gasteiger partial charge in [-0.2, -0.15) is 4.98 Å². The smallest absolute Gasteiger partial charge is 0.306 e. The molecule has 7 heteroatoms. The monoisotopic (exact) mass is 307 g/mol. The van der Waals surface area contributed by atoms with Crippen LogP contribution in [-0.4, -0.2) is 28.5 Å². The second-order valence-corrected chi connectivity index (χ2v) is 5.60. The van der Waals surface area contributed by atoms with Crippen molar-refractivity contribution in [2.75, 3.05) is 11.9 Å². The Morgan fingerprint density at radius 2 is 2.05 bits per heavy atom. The van der Waals surface area contributed by atoms with Gasteiger partial charge in [0.2, 0.25) is 5.91 Å². The van der Waals surface area contributed by atoms with Crippen LogP contribution in [0, 0.1) is 13.8 Å². The van der Waals surface area contributed by atoms with Crippen LogP contribution in [0.25, 0.3) is 10.3 Å². The van der Waals surface area contributed by atoms with E-state index in [1.165, 1.54) is 11.3 Å². The van der Waals surface area contributed by atoms with Crippen molar-refractivity contribution in [3.63, 3.8) is 0 Å². The molecule has 0 bridgehead atoms. The van der Waals surface area contributed by atoms with Gasteiger partial charge >= 0.3 is 5.97 Å². The molecular weight excluding hydrogens is 290 g/mol. The van der Waals surface area contributed by atoms with E-state index in [0.717, 1.165) is 16.0 Å². The average Bonchev–Trinajstić information content (AvgIpc) is 2.79. The summed E-state index contributed by atoms with van der Waals surface area (Å²) in [6.07, 6.45) is 0.154. The molecule has 1 amide bonds. The molecule has 2 heterocycles. The molecule has 0 unspecified atom stereocenters. The van der Waals surface area contributed by atoms with E-state index < -0.39 is 0 Å². The molecule has 0 saturated carbocycles. The highest BCUT2D eigenvalue weighted by Crippen LogP contribution is 2.28. The number of pyridine rings is 1. The maximum atomic E-state index is 11.8. The first-order chi connectivity index (χ1) is 9.99. The van der Waals surface area contributed by atoms with Crippen LogP contribution in [0.15, 0.2) is 6.07 Å². The van der Waals surface area contributed by atoms with E-state index >= 15 is 0 Å². The van der Waals surface area contributed by atoms with Gasteiger partial charge in [0.15, 0.2) is 10.8 Å². The molecular formula is C14H17N3O3S. The lowest BCUT2D eigenvalue weighted by Gasteiger charge is -2.01. The summed E-state index contributed by atoms with van der Waals surface area (Å²) in [7, 11) is 0. The van der Waals surface area contributed by atoms with Gasteiger partial charge in [-0.15, -0.1) is 0 Å². The maximum Gasteiger partial charge on any atom is 0.306 e. The van der Waals surface area contributed by atoms with Crippen LogP contribution in [0.4, 0.5) is 5.13 Å². The van der Waals surface area contributed by atoms with Crippen molar-refractivity contribution in [1.29, 1.82) is 0 Å². The van der Waals surface area contributed by atoms with Crippen molar-refractivity contribution in [3.05, 3.63) is 17.3 Å². The highest BCUT2D eigenvalue weighted by atomic mass is 32.1. The summed E-state index contributed by atoms with van der Waals surface area (Å²) < 4.78 is 5.74. The molecule has 0 saturated heterocycles. The Bertz CT molecular complexity index is 681. The number of carbonyl (C=O) groups is 2. The summed E-state index contributed by atoms with van der Waals surface area (Å²) in [6.45, 7) is 5.95. The number of rotatable bonds is 5. The molecule has 1 N–H and O–H groups in total. The van der Waals surface area contributed by atoms with E-state index in [-0.39, 0.29) is 24.7 Å². The summed E-state index contributed by atoms with van der Waals surface area (Å²) in [5, 5.41) is 3.20. The third kappa shape index (κ3) is 3.98. The third-order valence-corrected chi connectivity index (χ3v) is 3.88. The Labute approximate surface area is 126 Å². The van der Waals surface area contributed by atoms with Crippen LogP contribution in [0.2, 0.25) is 0 Å². The minimum absolute atomic E-state index is 0.0704. The molecule has 0 aliphatic heterocycles. The summed E-state index contributed by atoms with van der Waals surface area (Å²) in [5.74, 6) is -0.624. The first-order valence-electron chi connectivity index (χ1n) is 6.70. The standard InChI is InChI=1S/C14H17N3O3S/c1-4-20-11(19)6-5-10(18)16-14-17-13-12(21-14)8(2)7-9(3)15-13/h7H,4-6H2,1-3H3,(H,15,16,17,18). The summed E-state index contributed by atoms with van der Waals surface area (Å²) >= 11 is 1.38. The van der Waals surface area contributed by atoms with Crippen molar-refractivity contribution in [3.8, 4) is 0 Å². The first-order valence-corrected chi connectivity index (χ1v) is 7.51. The number of esters is 1. The van der Waals surface area contributed by atoms with E-state index in [2.05, 4.69) is 15.3 Å². The van der Waals surface area contributed by atoms with Crippen LogP contribution in [0.3, 0.4) is 0 Å². The predicted molar refractivity (Wildman–Crippen MR) is 81.4 cm³/mol. The molecule has 2 aromatic rings. The number of aromatic nitrogens is 2. The Hall–Kier alpha value is -2.02. The zero-order chi connectivity index (χ0) is 15.4. The SMILES string of the molecule is CCOC(=O)CCC(=O)Nc1nc2nc(C)cc(C)c2s1. The van der Waals surface area contributed by atoms with Gasteiger partial charge < -0.3 is 10.1 Å². The van der Waals surface area contributed by atoms with Gasteiger partial charge in [0, 0.05) is 12.1 Å². The van der Waals surface area contributed by atoms with Crippen LogP contribution in [-0.2, 0) is 14.3 Å². The van der Waals surface area contributed by atoms with Gasteiger partial charge in [0.05, 0.1) is 17.7 Å². The first kappa shape index (κ1) is 15.4. The summed E-state index contributed by atoms with van der Waals surface area (Å²) in [5.41, 5.74) is 2.62. The van der Waals surface area contributed by atoms with E-state index in [1.54, 1.807) is 6.92 Å². The molecule has 0 spiro atoms. The van der Waals surface area contributed by atoms with Crippen molar-refractivity contribution >= 4 is 38.7 Å². The fourth-order valence-electron chi connectivity index (χ4n) is 1.91. The number of hydrogen-bond acceptors (Lipinski definition) is 6. The van der Waals surface area contributed by atoms with Gasteiger partial charge in [-0.25, -0.2) is 4.98 Å². The normalized spacial score (nSPS) is 10.6. The zero-order valence-electron chi connectivity index (χ0n) is 12.2. The molecule has 2 aromatic heterocycles.